The molecule has 0 fully saturated rings. The van der Waals surface area contributed by atoms with E-state index in [9.17, 15) is 0 Å². The minimum atomic E-state index is 0.555. The molecule has 0 amide bonds. The first-order valence-corrected chi connectivity index (χ1v) is 9.29. The van der Waals surface area contributed by atoms with Crippen molar-refractivity contribution in [3.63, 3.8) is 0 Å². The zero-order chi connectivity index (χ0) is 18.1. The molecule has 0 saturated heterocycles. The summed E-state index contributed by atoms with van der Waals surface area (Å²) in [5, 5.41) is 1.15. The van der Waals surface area contributed by atoms with Gasteiger partial charge in [0.25, 0.3) is 0 Å². The van der Waals surface area contributed by atoms with Crippen LogP contribution >= 0.6 is 39.1 Å². The SMILES string of the molecule is Clc1ccc(C=Nc2ccc3nc(-c4cccc(Br)c4)oc3c2)c(Cl)c1. The van der Waals surface area contributed by atoms with Crippen molar-refractivity contribution >= 4 is 62.1 Å². The van der Waals surface area contributed by atoms with E-state index in [1.165, 1.54) is 0 Å². The van der Waals surface area contributed by atoms with Gasteiger partial charge in [0.1, 0.15) is 5.52 Å². The van der Waals surface area contributed by atoms with Gasteiger partial charge >= 0.3 is 0 Å². The van der Waals surface area contributed by atoms with Crippen molar-refractivity contribution in [3.05, 3.63) is 80.7 Å². The standard InChI is InChI=1S/C20H11BrCl2N2O/c21-14-3-1-2-12(8-14)20-25-18-7-6-16(10-19(18)26-20)24-11-13-4-5-15(22)9-17(13)23/h1-11H. The van der Waals surface area contributed by atoms with Crippen molar-refractivity contribution < 1.29 is 4.42 Å². The summed E-state index contributed by atoms with van der Waals surface area (Å²) >= 11 is 15.5. The van der Waals surface area contributed by atoms with Crippen LogP contribution in [0.25, 0.3) is 22.6 Å². The van der Waals surface area contributed by atoms with Crippen LogP contribution in [0.15, 0.2) is 74.5 Å². The molecule has 1 aromatic heterocycles. The number of aromatic nitrogens is 1. The molecular weight excluding hydrogens is 435 g/mol. The van der Waals surface area contributed by atoms with Gasteiger partial charge in [0.05, 0.1) is 10.7 Å². The van der Waals surface area contributed by atoms with E-state index in [0.29, 0.717) is 21.5 Å². The highest BCUT2D eigenvalue weighted by atomic mass is 79.9. The monoisotopic (exact) mass is 444 g/mol. The maximum atomic E-state index is 6.17. The second kappa shape index (κ2) is 7.23. The quantitative estimate of drug-likeness (QED) is 0.310. The lowest BCUT2D eigenvalue weighted by Crippen LogP contribution is -1.82. The summed E-state index contributed by atoms with van der Waals surface area (Å²) in [5.41, 5.74) is 3.91. The largest absolute Gasteiger partial charge is 0.436 e. The normalized spacial score (nSPS) is 11.5. The molecule has 4 rings (SSSR count). The average molecular weight is 446 g/mol. The van der Waals surface area contributed by atoms with Gasteiger partial charge in [-0.05, 0) is 42.5 Å². The van der Waals surface area contributed by atoms with Gasteiger partial charge in [-0.2, -0.15) is 0 Å². The van der Waals surface area contributed by atoms with Crippen molar-refractivity contribution in [2.24, 2.45) is 4.99 Å². The van der Waals surface area contributed by atoms with Gasteiger partial charge in [-0.3, -0.25) is 4.99 Å². The number of nitrogens with zero attached hydrogens (tertiary/aromatic N) is 2. The lowest BCUT2D eigenvalue weighted by Gasteiger charge is -1.98. The molecule has 0 aliphatic carbocycles. The number of benzene rings is 3. The fourth-order valence-electron chi connectivity index (χ4n) is 2.49. The molecule has 6 heteroatoms. The van der Waals surface area contributed by atoms with Gasteiger partial charge in [0.15, 0.2) is 5.58 Å². The van der Waals surface area contributed by atoms with E-state index in [1.54, 1.807) is 18.3 Å². The Morgan fingerprint density at radius 1 is 1.00 bits per heavy atom. The van der Waals surface area contributed by atoms with Crippen LogP contribution in [-0.2, 0) is 0 Å². The van der Waals surface area contributed by atoms with Crippen LogP contribution in [0, 0.1) is 0 Å². The molecule has 0 aliphatic heterocycles. The van der Waals surface area contributed by atoms with Gasteiger partial charge in [-0.1, -0.05) is 51.3 Å². The third-order valence-electron chi connectivity index (χ3n) is 3.76. The van der Waals surface area contributed by atoms with Gasteiger partial charge in [-0.15, -0.1) is 0 Å². The second-order valence-electron chi connectivity index (χ2n) is 5.61. The van der Waals surface area contributed by atoms with Crippen LogP contribution in [0.4, 0.5) is 5.69 Å². The minimum Gasteiger partial charge on any atom is -0.436 e. The Labute approximate surface area is 168 Å². The molecule has 0 unspecified atom stereocenters. The lowest BCUT2D eigenvalue weighted by atomic mass is 10.2. The summed E-state index contributed by atoms with van der Waals surface area (Å²) in [7, 11) is 0. The molecule has 0 radical (unpaired) electrons. The smallest absolute Gasteiger partial charge is 0.227 e. The maximum Gasteiger partial charge on any atom is 0.227 e. The van der Waals surface area contributed by atoms with Gasteiger partial charge in [0, 0.05) is 32.9 Å². The summed E-state index contributed by atoms with van der Waals surface area (Å²) in [6, 6.07) is 18.7. The third-order valence-corrected chi connectivity index (χ3v) is 4.81. The van der Waals surface area contributed by atoms with Crippen LogP contribution < -0.4 is 0 Å². The van der Waals surface area contributed by atoms with Crippen molar-refractivity contribution in [2.75, 3.05) is 0 Å². The molecule has 0 spiro atoms. The number of hydrogen-bond acceptors (Lipinski definition) is 3. The van der Waals surface area contributed by atoms with Crippen molar-refractivity contribution in [1.82, 2.24) is 4.98 Å². The maximum absolute atomic E-state index is 6.17. The topological polar surface area (TPSA) is 38.4 Å². The van der Waals surface area contributed by atoms with E-state index in [0.717, 1.165) is 26.8 Å². The fourth-order valence-corrected chi connectivity index (χ4v) is 3.35. The molecule has 0 bridgehead atoms. The number of oxazole rings is 1. The fraction of sp³-hybridized carbons (Fsp3) is 0. The number of rotatable bonds is 3. The molecule has 3 nitrogen and oxygen atoms in total. The third kappa shape index (κ3) is 3.68. The Morgan fingerprint density at radius 3 is 2.69 bits per heavy atom. The molecule has 26 heavy (non-hydrogen) atoms. The average Bonchev–Trinajstić information content (AvgIpc) is 3.04. The summed E-state index contributed by atoms with van der Waals surface area (Å²) in [6.45, 7) is 0. The van der Waals surface area contributed by atoms with Crippen LogP contribution in [0.5, 0.6) is 0 Å². The molecule has 1 heterocycles. The van der Waals surface area contributed by atoms with Crippen LogP contribution in [0.3, 0.4) is 0 Å². The van der Waals surface area contributed by atoms with E-state index in [1.807, 2.05) is 48.5 Å². The Bertz CT molecular complexity index is 1140. The molecule has 0 atom stereocenters. The van der Waals surface area contributed by atoms with Gasteiger partial charge in [0.2, 0.25) is 5.89 Å². The van der Waals surface area contributed by atoms with Crippen molar-refractivity contribution in [1.29, 1.82) is 0 Å². The minimum absolute atomic E-state index is 0.555. The van der Waals surface area contributed by atoms with Gasteiger partial charge < -0.3 is 4.42 Å². The zero-order valence-corrected chi connectivity index (χ0v) is 16.4. The summed E-state index contributed by atoms with van der Waals surface area (Å²) in [5.74, 6) is 0.572. The molecular formula is C20H11BrCl2N2O. The zero-order valence-electron chi connectivity index (χ0n) is 13.3. The molecule has 4 aromatic rings. The van der Waals surface area contributed by atoms with Crippen LogP contribution in [0.1, 0.15) is 5.56 Å². The van der Waals surface area contributed by atoms with E-state index < -0.39 is 0 Å². The Morgan fingerprint density at radius 2 is 1.88 bits per heavy atom. The van der Waals surface area contributed by atoms with Crippen molar-refractivity contribution in [2.45, 2.75) is 0 Å². The highest BCUT2D eigenvalue weighted by Crippen LogP contribution is 2.29. The molecule has 128 valence electrons. The van der Waals surface area contributed by atoms with Crippen LogP contribution in [0.2, 0.25) is 10.0 Å². The molecule has 0 N–H and O–H groups in total. The predicted molar refractivity (Wildman–Crippen MR) is 111 cm³/mol. The Hall–Kier alpha value is -2.14. The van der Waals surface area contributed by atoms with E-state index in [2.05, 4.69) is 25.9 Å². The Kier molecular flexibility index (Phi) is 4.81. The van der Waals surface area contributed by atoms with E-state index in [-0.39, 0.29) is 0 Å². The predicted octanol–water partition coefficient (Wildman–Crippen LogP) is 7.31. The lowest BCUT2D eigenvalue weighted by molar-refractivity contribution is 0.620. The van der Waals surface area contributed by atoms with E-state index >= 15 is 0 Å². The Balaban J connectivity index is 1.66. The molecule has 3 aromatic carbocycles. The van der Waals surface area contributed by atoms with Crippen molar-refractivity contribution in [3.8, 4) is 11.5 Å². The first-order chi connectivity index (χ1) is 12.6. The first-order valence-electron chi connectivity index (χ1n) is 7.74. The highest BCUT2D eigenvalue weighted by Gasteiger charge is 2.09. The summed E-state index contributed by atoms with van der Waals surface area (Å²) in [4.78, 5) is 9.00. The second-order valence-corrected chi connectivity index (χ2v) is 7.36. The number of halogens is 3. The van der Waals surface area contributed by atoms with Gasteiger partial charge in [-0.25, -0.2) is 4.98 Å². The van der Waals surface area contributed by atoms with E-state index in [4.69, 9.17) is 27.6 Å². The first kappa shape index (κ1) is 17.3. The molecule has 0 aliphatic rings. The number of fused-ring (bicyclic) bond motifs is 1. The number of aliphatic imine (C=N–C) groups is 1. The van der Waals surface area contributed by atoms with Crippen LogP contribution in [-0.4, -0.2) is 11.2 Å². The number of hydrogen-bond donors (Lipinski definition) is 0. The molecule has 0 saturated carbocycles. The summed E-state index contributed by atoms with van der Waals surface area (Å²) < 4.78 is 6.87. The summed E-state index contributed by atoms with van der Waals surface area (Å²) in [6.07, 6.45) is 1.70. The highest BCUT2D eigenvalue weighted by molar-refractivity contribution is 9.10.